The Kier molecular flexibility index (Phi) is 6.02. The normalized spacial score (nSPS) is 11.5. The third-order valence-corrected chi connectivity index (χ3v) is 7.18. The van der Waals surface area contributed by atoms with Gasteiger partial charge in [0.1, 0.15) is 21.3 Å². The summed E-state index contributed by atoms with van der Waals surface area (Å²) in [5, 5.41) is 0.224. The summed E-state index contributed by atoms with van der Waals surface area (Å²) in [7, 11) is -3.02. The van der Waals surface area contributed by atoms with E-state index in [1.54, 1.807) is 13.8 Å². The Balaban J connectivity index is 2.22. The molecule has 0 aliphatic heterocycles. The van der Waals surface area contributed by atoms with E-state index in [4.69, 9.17) is 21.1 Å². The quantitative estimate of drug-likeness (QED) is 0.527. The van der Waals surface area contributed by atoms with Gasteiger partial charge in [0.2, 0.25) is 0 Å². The van der Waals surface area contributed by atoms with Gasteiger partial charge in [-0.25, -0.2) is 17.6 Å². The number of benzene rings is 2. The first-order valence-corrected chi connectivity index (χ1v) is 11.1. The van der Waals surface area contributed by atoms with E-state index in [2.05, 4.69) is 4.72 Å². The van der Waals surface area contributed by atoms with E-state index in [0.717, 1.165) is 17.4 Å². The summed E-state index contributed by atoms with van der Waals surface area (Å²) in [4.78, 5) is 11.7. The average molecular weight is 458 g/mol. The van der Waals surface area contributed by atoms with E-state index < -0.39 is 26.7 Å². The van der Waals surface area contributed by atoms with Gasteiger partial charge < -0.3 is 9.47 Å². The Labute approximate surface area is 176 Å². The van der Waals surface area contributed by atoms with Crippen molar-refractivity contribution in [2.45, 2.75) is 18.7 Å². The Bertz CT molecular complexity index is 1210. The molecule has 0 aliphatic rings. The number of fused-ring (bicyclic) bond motifs is 1. The molecule has 0 fully saturated rings. The molecule has 1 N–H and O–H groups in total. The van der Waals surface area contributed by atoms with Crippen LogP contribution < -0.4 is 9.46 Å². The molecule has 0 bridgehead atoms. The number of rotatable bonds is 6. The Morgan fingerprint density at radius 3 is 2.69 bits per heavy atom. The molecule has 0 saturated heterocycles. The lowest BCUT2D eigenvalue weighted by molar-refractivity contribution is 0.0528. The molecule has 0 atom stereocenters. The zero-order valence-electron chi connectivity index (χ0n) is 15.7. The molecule has 1 heterocycles. The van der Waals surface area contributed by atoms with Crippen LogP contribution in [0, 0.1) is 12.7 Å². The van der Waals surface area contributed by atoms with E-state index in [1.165, 1.54) is 31.4 Å². The molecule has 6 nitrogen and oxygen atoms in total. The molecule has 154 valence electrons. The third kappa shape index (κ3) is 4.03. The fourth-order valence-electron chi connectivity index (χ4n) is 2.77. The minimum Gasteiger partial charge on any atom is -0.495 e. The zero-order valence-corrected chi connectivity index (χ0v) is 18.1. The molecule has 0 amide bonds. The second kappa shape index (κ2) is 8.17. The number of ether oxygens (including phenoxy) is 2. The number of thiophene rings is 1. The molecule has 0 spiro atoms. The fourth-order valence-corrected chi connectivity index (χ4v) is 5.81. The van der Waals surface area contributed by atoms with Crippen LogP contribution in [0.25, 0.3) is 10.1 Å². The van der Waals surface area contributed by atoms with Crippen LogP contribution in [0.4, 0.5) is 10.1 Å². The molecule has 1 aromatic heterocycles. The molecule has 0 radical (unpaired) electrons. The van der Waals surface area contributed by atoms with Gasteiger partial charge in [0, 0.05) is 21.2 Å². The van der Waals surface area contributed by atoms with Gasteiger partial charge in [0.25, 0.3) is 10.0 Å². The lowest BCUT2D eigenvalue weighted by Gasteiger charge is -2.14. The van der Waals surface area contributed by atoms with Crippen molar-refractivity contribution in [2.75, 3.05) is 18.4 Å². The number of nitrogens with one attached hydrogen (secondary N) is 1. The first-order chi connectivity index (χ1) is 13.7. The van der Waals surface area contributed by atoms with Gasteiger partial charge in [0.15, 0.2) is 0 Å². The summed E-state index contributed by atoms with van der Waals surface area (Å²) in [6.07, 6.45) is 0. The number of carbonyl (C=O) groups excluding carboxylic acids is 1. The van der Waals surface area contributed by atoms with Gasteiger partial charge >= 0.3 is 5.97 Å². The molecular formula is C19H17ClFNO5S2. The van der Waals surface area contributed by atoms with Crippen molar-refractivity contribution in [3.8, 4) is 5.75 Å². The highest BCUT2D eigenvalue weighted by molar-refractivity contribution is 7.93. The number of aryl methyl sites for hydroxylation is 1. The fraction of sp³-hybridized carbons (Fsp3) is 0.211. The number of anilines is 1. The van der Waals surface area contributed by atoms with E-state index in [0.29, 0.717) is 15.3 Å². The number of hydrogen-bond donors (Lipinski definition) is 1. The number of hydrogen-bond acceptors (Lipinski definition) is 6. The van der Waals surface area contributed by atoms with Gasteiger partial charge in [-0.15, -0.1) is 11.3 Å². The van der Waals surface area contributed by atoms with E-state index in [1.807, 2.05) is 0 Å². The minimum atomic E-state index is -4.38. The summed E-state index contributed by atoms with van der Waals surface area (Å²) >= 11 is 6.92. The highest BCUT2D eigenvalue weighted by Gasteiger charge is 2.31. The molecular weight excluding hydrogens is 441 g/mol. The first kappa shape index (κ1) is 21.4. The van der Waals surface area contributed by atoms with E-state index >= 15 is 0 Å². The lowest BCUT2D eigenvalue weighted by Crippen LogP contribution is -2.17. The van der Waals surface area contributed by atoms with Gasteiger partial charge in [0.05, 0.1) is 19.4 Å². The highest BCUT2D eigenvalue weighted by Crippen LogP contribution is 2.39. The van der Waals surface area contributed by atoms with Crippen LogP contribution in [0.1, 0.15) is 22.2 Å². The van der Waals surface area contributed by atoms with Crippen molar-refractivity contribution >= 4 is 54.7 Å². The first-order valence-electron chi connectivity index (χ1n) is 8.44. The Morgan fingerprint density at radius 2 is 2.03 bits per heavy atom. The van der Waals surface area contributed by atoms with Crippen LogP contribution in [0.3, 0.4) is 0 Å². The molecule has 2 aromatic carbocycles. The summed E-state index contributed by atoms with van der Waals surface area (Å²) < 4.78 is 53.9. The topological polar surface area (TPSA) is 81.7 Å². The van der Waals surface area contributed by atoms with Gasteiger partial charge in [-0.05, 0) is 37.6 Å². The largest absolute Gasteiger partial charge is 0.495 e. The number of carbonyl (C=O) groups is 1. The third-order valence-electron chi connectivity index (χ3n) is 4.08. The summed E-state index contributed by atoms with van der Waals surface area (Å²) in [5.41, 5.74) is 0.719. The monoisotopic (exact) mass is 457 g/mol. The Hall–Kier alpha value is -2.36. The Morgan fingerprint density at radius 1 is 1.31 bits per heavy atom. The van der Waals surface area contributed by atoms with E-state index in [9.17, 15) is 17.6 Å². The number of methoxy groups -OCH3 is 1. The van der Waals surface area contributed by atoms with Crippen molar-refractivity contribution in [1.82, 2.24) is 0 Å². The smallest absolute Gasteiger partial charge is 0.349 e. The molecule has 0 aliphatic carbocycles. The summed E-state index contributed by atoms with van der Waals surface area (Å²) in [6, 6.07) is 7.08. The van der Waals surface area contributed by atoms with Gasteiger partial charge in [-0.2, -0.15) is 0 Å². The van der Waals surface area contributed by atoms with Crippen LogP contribution in [-0.4, -0.2) is 28.1 Å². The SMILES string of the molecule is CCOC(=O)c1sc2cccc(F)c2c1S(=O)(=O)Nc1cc(C)c(Cl)cc1OC. The predicted octanol–water partition coefficient (Wildman–Crippen LogP) is 4.99. The van der Waals surface area contributed by atoms with Crippen molar-refractivity contribution < 1.29 is 27.1 Å². The molecule has 0 unspecified atom stereocenters. The second-order valence-electron chi connectivity index (χ2n) is 6.00. The number of sulfonamides is 1. The maximum Gasteiger partial charge on any atom is 0.349 e. The molecule has 0 saturated carbocycles. The van der Waals surface area contributed by atoms with Crippen LogP contribution >= 0.6 is 22.9 Å². The molecule has 3 aromatic rings. The van der Waals surface area contributed by atoms with Crippen LogP contribution in [0.5, 0.6) is 5.75 Å². The van der Waals surface area contributed by atoms with E-state index in [-0.39, 0.29) is 28.3 Å². The predicted molar refractivity (Wildman–Crippen MR) is 111 cm³/mol. The summed E-state index contributed by atoms with van der Waals surface area (Å²) in [5.74, 6) is -1.41. The lowest BCUT2D eigenvalue weighted by atomic mass is 10.2. The van der Waals surface area contributed by atoms with Gasteiger partial charge in [-0.1, -0.05) is 17.7 Å². The maximum atomic E-state index is 14.6. The number of esters is 1. The average Bonchev–Trinajstić information content (AvgIpc) is 3.06. The van der Waals surface area contributed by atoms with Gasteiger partial charge in [-0.3, -0.25) is 4.72 Å². The van der Waals surface area contributed by atoms with Crippen molar-refractivity contribution in [2.24, 2.45) is 0 Å². The standard InChI is InChI=1S/C19H17ClFNO5S2/c1-4-27-19(23)17-18(16-12(21)6-5-7-15(16)28-17)29(24,25)22-13-8-10(2)11(20)9-14(13)26-3/h5-9,22H,4H2,1-3H3. The van der Waals surface area contributed by atoms with Crippen molar-refractivity contribution in [3.05, 3.63) is 51.6 Å². The number of halogens is 2. The molecule has 3 rings (SSSR count). The van der Waals surface area contributed by atoms with Crippen LogP contribution in [0.2, 0.25) is 5.02 Å². The van der Waals surface area contributed by atoms with Crippen molar-refractivity contribution in [3.63, 3.8) is 0 Å². The molecule has 29 heavy (non-hydrogen) atoms. The minimum absolute atomic E-state index is 0.0483. The van der Waals surface area contributed by atoms with Crippen LogP contribution in [-0.2, 0) is 14.8 Å². The van der Waals surface area contributed by atoms with Crippen molar-refractivity contribution in [1.29, 1.82) is 0 Å². The summed E-state index contributed by atoms with van der Waals surface area (Å²) in [6.45, 7) is 3.34. The second-order valence-corrected chi connectivity index (χ2v) is 9.08. The molecule has 10 heteroatoms. The zero-order chi connectivity index (χ0) is 21.3. The maximum absolute atomic E-state index is 14.6. The highest BCUT2D eigenvalue weighted by atomic mass is 35.5. The van der Waals surface area contributed by atoms with Crippen LogP contribution in [0.15, 0.2) is 35.2 Å².